The van der Waals surface area contributed by atoms with Crippen LogP contribution in [0.1, 0.15) is 35.4 Å². The fraction of sp³-hybridized carbons (Fsp3) is 0.368. The van der Waals surface area contributed by atoms with Crippen LogP contribution in [0.15, 0.2) is 48.5 Å². The zero-order valence-corrected chi connectivity index (χ0v) is 13.3. The molecule has 0 aromatic heterocycles. The van der Waals surface area contributed by atoms with Crippen LogP contribution < -0.4 is 0 Å². The smallest absolute Gasteiger partial charge is 0.0409 e. The molecule has 0 N–H and O–H groups in total. The van der Waals surface area contributed by atoms with Gasteiger partial charge in [-0.1, -0.05) is 53.6 Å². The van der Waals surface area contributed by atoms with Gasteiger partial charge in [0.2, 0.25) is 0 Å². The van der Waals surface area contributed by atoms with E-state index in [0.29, 0.717) is 0 Å². The third-order valence-corrected chi connectivity index (χ3v) is 4.67. The Kier molecular flexibility index (Phi) is 4.62. The van der Waals surface area contributed by atoms with Gasteiger partial charge in [0.15, 0.2) is 0 Å². The van der Waals surface area contributed by atoms with Crippen molar-refractivity contribution < 1.29 is 0 Å². The topological polar surface area (TPSA) is 3.24 Å². The maximum absolute atomic E-state index is 6.06. The maximum atomic E-state index is 6.06. The van der Waals surface area contributed by atoms with Gasteiger partial charge in [-0.15, -0.1) is 0 Å². The zero-order valence-electron chi connectivity index (χ0n) is 12.6. The standard InChI is InChI=1S/C19H22ClN/c1-15-5-7-17(8-6-15)18-9-11-21(12-10-18)14-16-3-2-4-19(20)13-16/h2-8,13,18H,9-12,14H2,1H3. The Labute approximate surface area is 132 Å². The molecule has 0 amide bonds. The quantitative estimate of drug-likeness (QED) is 0.768. The molecule has 0 atom stereocenters. The fourth-order valence-corrected chi connectivity index (χ4v) is 3.37. The highest BCUT2D eigenvalue weighted by Crippen LogP contribution is 2.29. The number of hydrogen-bond acceptors (Lipinski definition) is 1. The molecule has 0 radical (unpaired) electrons. The van der Waals surface area contributed by atoms with Crippen molar-refractivity contribution in [1.29, 1.82) is 0 Å². The minimum Gasteiger partial charge on any atom is -0.299 e. The second-order valence-corrected chi connectivity index (χ2v) is 6.53. The predicted molar refractivity (Wildman–Crippen MR) is 89.9 cm³/mol. The number of likely N-dealkylation sites (tertiary alicyclic amines) is 1. The Morgan fingerprint density at radius 1 is 1.05 bits per heavy atom. The van der Waals surface area contributed by atoms with E-state index < -0.39 is 0 Å². The van der Waals surface area contributed by atoms with Crippen LogP contribution in [0, 0.1) is 6.92 Å². The van der Waals surface area contributed by atoms with Crippen LogP contribution in [-0.2, 0) is 6.54 Å². The molecule has 0 aliphatic carbocycles. The van der Waals surface area contributed by atoms with Crippen molar-refractivity contribution in [3.63, 3.8) is 0 Å². The SMILES string of the molecule is Cc1ccc(C2CCN(Cc3cccc(Cl)c3)CC2)cc1. The van der Waals surface area contributed by atoms with Crippen molar-refractivity contribution in [2.24, 2.45) is 0 Å². The van der Waals surface area contributed by atoms with Crippen LogP contribution in [0.25, 0.3) is 0 Å². The largest absolute Gasteiger partial charge is 0.299 e. The summed E-state index contributed by atoms with van der Waals surface area (Å²) in [7, 11) is 0. The van der Waals surface area contributed by atoms with E-state index in [-0.39, 0.29) is 0 Å². The van der Waals surface area contributed by atoms with E-state index in [1.807, 2.05) is 12.1 Å². The van der Waals surface area contributed by atoms with Crippen LogP contribution >= 0.6 is 11.6 Å². The van der Waals surface area contributed by atoms with Gasteiger partial charge < -0.3 is 0 Å². The second-order valence-electron chi connectivity index (χ2n) is 6.09. The second kappa shape index (κ2) is 6.64. The Bertz CT molecular complexity index is 583. The van der Waals surface area contributed by atoms with Gasteiger partial charge in [0.1, 0.15) is 0 Å². The highest BCUT2D eigenvalue weighted by atomic mass is 35.5. The summed E-state index contributed by atoms with van der Waals surface area (Å²) in [6, 6.07) is 17.3. The lowest BCUT2D eigenvalue weighted by Crippen LogP contribution is -2.32. The molecule has 2 heteroatoms. The predicted octanol–water partition coefficient (Wildman–Crippen LogP) is 5.03. The molecule has 2 aromatic carbocycles. The Balaban J connectivity index is 1.56. The molecule has 1 aliphatic heterocycles. The van der Waals surface area contributed by atoms with Gasteiger partial charge in [0.25, 0.3) is 0 Å². The molecule has 1 fully saturated rings. The van der Waals surface area contributed by atoms with Crippen LogP contribution in [0.3, 0.4) is 0 Å². The van der Waals surface area contributed by atoms with Crippen LogP contribution in [0.5, 0.6) is 0 Å². The van der Waals surface area contributed by atoms with Gasteiger partial charge in [0, 0.05) is 11.6 Å². The van der Waals surface area contributed by atoms with Crippen molar-refractivity contribution in [3.8, 4) is 0 Å². The van der Waals surface area contributed by atoms with Crippen LogP contribution in [-0.4, -0.2) is 18.0 Å². The molecule has 1 aliphatic rings. The summed E-state index contributed by atoms with van der Waals surface area (Å²) in [4.78, 5) is 2.54. The van der Waals surface area contributed by atoms with Crippen molar-refractivity contribution in [3.05, 3.63) is 70.2 Å². The van der Waals surface area contributed by atoms with Crippen molar-refractivity contribution in [2.45, 2.75) is 32.2 Å². The maximum Gasteiger partial charge on any atom is 0.0409 e. The van der Waals surface area contributed by atoms with Gasteiger partial charge in [0.05, 0.1) is 0 Å². The first kappa shape index (κ1) is 14.6. The lowest BCUT2D eigenvalue weighted by atomic mass is 9.89. The summed E-state index contributed by atoms with van der Waals surface area (Å²) in [5.41, 5.74) is 4.16. The first-order chi connectivity index (χ1) is 10.2. The van der Waals surface area contributed by atoms with Crippen molar-refractivity contribution in [2.75, 3.05) is 13.1 Å². The first-order valence-electron chi connectivity index (χ1n) is 7.74. The number of benzene rings is 2. The van der Waals surface area contributed by atoms with E-state index in [0.717, 1.165) is 17.5 Å². The lowest BCUT2D eigenvalue weighted by molar-refractivity contribution is 0.204. The molecule has 0 unspecified atom stereocenters. The summed E-state index contributed by atoms with van der Waals surface area (Å²) < 4.78 is 0. The van der Waals surface area contributed by atoms with Crippen molar-refractivity contribution >= 4 is 11.6 Å². The minimum absolute atomic E-state index is 0.723. The molecule has 1 heterocycles. The lowest BCUT2D eigenvalue weighted by Gasteiger charge is -2.32. The molecular formula is C19H22ClN. The number of hydrogen-bond donors (Lipinski definition) is 0. The summed E-state index contributed by atoms with van der Waals surface area (Å²) in [6.07, 6.45) is 2.51. The Hall–Kier alpha value is -1.31. The van der Waals surface area contributed by atoms with E-state index in [2.05, 4.69) is 48.2 Å². The fourth-order valence-electron chi connectivity index (χ4n) is 3.16. The van der Waals surface area contributed by atoms with E-state index in [9.17, 15) is 0 Å². The molecule has 110 valence electrons. The molecule has 1 nitrogen and oxygen atoms in total. The minimum atomic E-state index is 0.723. The molecular weight excluding hydrogens is 278 g/mol. The number of halogens is 1. The molecule has 1 saturated heterocycles. The molecule has 3 rings (SSSR count). The summed E-state index contributed by atoms with van der Waals surface area (Å²) in [5, 5.41) is 0.835. The molecule has 2 aromatic rings. The average Bonchev–Trinajstić information content (AvgIpc) is 2.49. The van der Waals surface area contributed by atoms with Crippen LogP contribution in [0.2, 0.25) is 5.02 Å². The third kappa shape index (κ3) is 3.87. The van der Waals surface area contributed by atoms with Gasteiger partial charge in [-0.3, -0.25) is 4.90 Å². The average molecular weight is 300 g/mol. The number of aryl methyl sites for hydroxylation is 1. The molecule has 0 bridgehead atoms. The van der Waals surface area contributed by atoms with Crippen LogP contribution in [0.4, 0.5) is 0 Å². The molecule has 0 saturated carbocycles. The summed E-state index contributed by atoms with van der Waals surface area (Å²) >= 11 is 6.06. The first-order valence-corrected chi connectivity index (χ1v) is 8.12. The number of piperidine rings is 1. The van der Waals surface area contributed by atoms with Gasteiger partial charge in [-0.25, -0.2) is 0 Å². The summed E-state index contributed by atoms with van der Waals surface area (Å²) in [6.45, 7) is 5.51. The van der Waals surface area contributed by atoms with E-state index in [1.165, 1.54) is 42.6 Å². The van der Waals surface area contributed by atoms with E-state index in [1.54, 1.807) is 0 Å². The van der Waals surface area contributed by atoms with E-state index >= 15 is 0 Å². The highest BCUT2D eigenvalue weighted by molar-refractivity contribution is 6.30. The molecule has 21 heavy (non-hydrogen) atoms. The molecule has 0 spiro atoms. The number of nitrogens with zero attached hydrogens (tertiary/aromatic N) is 1. The Morgan fingerprint density at radius 3 is 2.43 bits per heavy atom. The third-order valence-electron chi connectivity index (χ3n) is 4.43. The van der Waals surface area contributed by atoms with Gasteiger partial charge in [-0.05, 0) is 62.0 Å². The normalized spacial score (nSPS) is 17.0. The zero-order chi connectivity index (χ0) is 14.7. The monoisotopic (exact) mass is 299 g/mol. The van der Waals surface area contributed by atoms with Crippen molar-refractivity contribution in [1.82, 2.24) is 4.90 Å². The Morgan fingerprint density at radius 2 is 1.76 bits per heavy atom. The number of rotatable bonds is 3. The summed E-state index contributed by atoms with van der Waals surface area (Å²) in [5.74, 6) is 0.723. The van der Waals surface area contributed by atoms with Gasteiger partial charge in [-0.2, -0.15) is 0 Å². The van der Waals surface area contributed by atoms with Gasteiger partial charge >= 0.3 is 0 Å². The highest BCUT2D eigenvalue weighted by Gasteiger charge is 2.20. The van der Waals surface area contributed by atoms with E-state index in [4.69, 9.17) is 11.6 Å².